The molecule has 76 heavy (non-hydrogen) atoms. The van der Waals surface area contributed by atoms with Gasteiger partial charge in [0, 0.05) is 49.0 Å². The number of unbranched alkanes of at least 4 members (excludes halogenated alkanes) is 2. The first-order chi connectivity index (χ1) is 35.9. The third-order valence-electron chi connectivity index (χ3n) is 13.2. The quantitative estimate of drug-likeness (QED) is 0.0231. The number of ketones is 1. The van der Waals surface area contributed by atoms with Gasteiger partial charge in [-0.25, -0.2) is 4.79 Å². The van der Waals surface area contributed by atoms with Gasteiger partial charge < -0.3 is 42.3 Å². The number of primary amides is 1. The van der Waals surface area contributed by atoms with Gasteiger partial charge in [-0.1, -0.05) is 92.5 Å². The Morgan fingerprint density at radius 1 is 0.737 bits per heavy atom. The molecule has 10 amide bonds. The summed E-state index contributed by atoms with van der Waals surface area (Å²) >= 11 is 0. The number of hydrogen-bond donors (Lipinski definition) is 8. The van der Waals surface area contributed by atoms with Crippen LogP contribution in [0.3, 0.4) is 0 Å². The average molecular weight is 1160 g/mol. The molecule has 0 spiro atoms. The monoisotopic (exact) mass is 1160 g/mol. The summed E-state index contributed by atoms with van der Waals surface area (Å²) in [6.45, 7) is 11.1. The smallest absolute Gasteiger partial charge is 0.323 e. The Hall–Kier alpha value is -4.08. The molecular weight excluding hydrogens is 1080 g/mol. The maximum atomic E-state index is 14.7. The van der Waals surface area contributed by atoms with Crippen LogP contribution in [-0.2, 0) is 56.0 Å². The number of nitrogens with two attached hydrogens (primary N) is 1. The molecule has 25 heteroatoms. The minimum absolute atomic E-state index is 0.0390. The molecule has 11 atom stereocenters. The van der Waals surface area contributed by atoms with Crippen molar-refractivity contribution in [3.05, 3.63) is 59.7 Å². The number of piperidine rings is 1. The predicted octanol–water partition coefficient (Wildman–Crippen LogP) is 7.16. The third-order valence-corrected chi connectivity index (χ3v) is 32.8. The Morgan fingerprint density at radius 2 is 1.32 bits per heavy atom. The van der Waals surface area contributed by atoms with Crippen LogP contribution in [0.5, 0.6) is 0 Å². The van der Waals surface area contributed by atoms with E-state index in [1.54, 1.807) is 55.5 Å². The number of nitrogens with one attached hydrogen (secondary N) is 7. The highest BCUT2D eigenvalue weighted by Gasteiger charge is 2.39. The summed E-state index contributed by atoms with van der Waals surface area (Å²) in [6.07, 6.45) is 4.82. The Labute approximate surface area is 458 Å². The maximum Gasteiger partial charge on any atom is 0.323 e. The molecule has 19 nitrogen and oxygen atoms in total. The Morgan fingerprint density at radius 3 is 1.88 bits per heavy atom. The molecule has 0 bridgehead atoms. The molecule has 4 rings (SSSR count). The fourth-order valence-corrected chi connectivity index (χ4v) is 28.4. The van der Waals surface area contributed by atoms with Crippen molar-refractivity contribution in [1.29, 1.82) is 0 Å². The summed E-state index contributed by atoms with van der Waals surface area (Å²) in [5.41, 5.74) is 7.84. The molecule has 2 fully saturated rings. The second kappa shape index (κ2) is 32.1. The zero-order valence-electron chi connectivity index (χ0n) is 44.4. The van der Waals surface area contributed by atoms with E-state index >= 15 is 0 Å². The van der Waals surface area contributed by atoms with E-state index in [0.717, 1.165) is 24.8 Å². The van der Waals surface area contributed by atoms with Crippen LogP contribution in [0.15, 0.2) is 48.5 Å². The van der Waals surface area contributed by atoms with Crippen molar-refractivity contribution >= 4 is 120 Å². The van der Waals surface area contributed by atoms with Gasteiger partial charge in [0.15, 0.2) is 5.78 Å². The summed E-state index contributed by atoms with van der Waals surface area (Å²) in [5, 5.41) is 19.4. The van der Waals surface area contributed by atoms with Gasteiger partial charge in [-0.3, -0.25) is 48.5 Å². The van der Waals surface area contributed by atoms with Gasteiger partial charge in [-0.05, 0) is 99.7 Å². The van der Waals surface area contributed by atoms with E-state index in [1.165, 1.54) is 11.8 Å². The van der Waals surface area contributed by atoms with Crippen molar-refractivity contribution in [1.82, 2.24) is 31.3 Å². The van der Waals surface area contributed by atoms with Crippen LogP contribution < -0.4 is 42.7 Å². The summed E-state index contributed by atoms with van der Waals surface area (Å²) in [7, 11) is 7.93. The first-order valence-corrected chi connectivity index (χ1v) is 36.2. The summed E-state index contributed by atoms with van der Waals surface area (Å²) in [6, 6.07) is 9.61. The summed E-state index contributed by atoms with van der Waals surface area (Å²) in [5.74, 6) is -6.23. The molecule has 0 aromatic heterocycles. The average Bonchev–Trinajstić information content (AvgIpc) is 3.85. The highest BCUT2D eigenvalue weighted by atomic mass is 32.9. The number of carbonyl (C=O) groups is 10. The number of amides is 10. The number of rotatable bonds is 29. The fourth-order valence-electron chi connectivity index (χ4n) is 9.05. The van der Waals surface area contributed by atoms with E-state index in [0.29, 0.717) is 62.9 Å². The zero-order valence-corrected chi connectivity index (χ0v) is 50.7. The van der Waals surface area contributed by atoms with E-state index in [1.807, 2.05) is 13.8 Å². The van der Waals surface area contributed by atoms with E-state index in [2.05, 4.69) is 77.6 Å². The number of urea groups is 1. The minimum atomic E-state index is -1.08. The SMILES string of the molecule is CC(C)CCCCC[C@H](NC(=O)[C@@H](CC(=O)[C@@H](Cc1ccc(NC(=O)NP(PP)P(P)P)cc1)NC(=O)[C@@H](C)Cc1ccc(NC(=O)C2CC(=O)NC(=O)C2)cc1)CC(C)C)C(=O)N1CCC[C@H]1C(=O)N[C@H](C)C(N)=O. The first-order valence-electron chi connectivity index (χ1n) is 25.9. The van der Waals surface area contributed by atoms with Crippen LogP contribution in [-0.4, -0.2) is 94.7 Å². The zero-order chi connectivity index (χ0) is 56.2. The molecule has 418 valence electrons. The lowest BCUT2D eigenvalue weighted by atomic mass is 9.87. The molecule has 9 N–H and O–H groups in total. The molecule has 2 aliphatic rings. The molecular formula is C51H79N9O10P6. The normalized spacial score (nSPS) is 17.4. The number of Topliss-reactive ketones (excluding diaryl/α,β-unsaturated/α-hetero) is 1. The van der Waals surface area contributed by atoms with Crippen molar-refractivity contribution in [2.24, 2.45) is 35.3 Å². The van der Waals surface area contributed by atoms with E-state index < -0.39 is 109 Å². The van der Waals surface area contributed by atoms with Crippen molar-refractivity contribution in [3.8, 4) is 0 Å². The summed E-state index contributed by atoms with van der Waals surface area (Å²) in [4.78, 5) is 134. The number of imide groups is 1. The standard InChI is InChI=1S/C51H79N9O10P6/c1-29(2)11-8-7-9-12-39(50(69)60-22-10-13-41(60)49(68)53-32(6)45(52)64)56-48(67)35(23-30(3)4)26-42(61)40(25-34-16-20-38(21-17-34)55-51(70)59-75(74-71)76(72)73)57-46(65)31(5)24-33-14-18-37(19-15-33)54-47(66)36-27-43(62)58-44(63)28-36/h14-21,29-32,35-36,39-41,74H,7-13,22-28,71-73H2,1-6H3,(H2,52,64)(H,53,68)(H,54,66)(H,56,67)(H,57,65)(H2,55,59,70)(H,58,62,63)/t31-,32+,35+,39-,40+,41-,75?/m0/s1. The van der Waals surface area contributed by atoms with Gasteiger partial charge in [0.2, 0.25) is 47.3 Å². The van der Waals surface area contributed by atoms with Gasteiger partial charge in [-0.2, -0.15) is 0 Å². The van der Waals surface area contributed by atoms with Gasteiger partial charge in [-0.15, -0.1) is 26.8 Å². The number of hydrogen-bond acceptors (Lipinski definition) is 10. The second-order valence-electron chi connectivity index (χ2n) is 20.6. The van der Waals surface area contributed by atoms with Crippen molar-refractivity contribution < 1.29 is 47.9 Å². The van der Waals surface area contributed by atoms with E-state index in [-0.39, 0.29) is 50.6 Å². The molecule has 0 saturated carbocycles. The van der Waals surface area contributed by atoms with Crippen molar-refractivity contribution in [2.45, 2.75) is 149 Å². The van der Waals surface area contributed by atoms with E-state index in [9.17, 15) is 47.9 Å². The predicted molar refractivity (Wildman–Crippen MR) is 313 cm³/mol. The number of carbonyl (C=O) groups excluding carboxylic acids is 10. The molecule has 5 unspecified atom stereocenters. The van der Waals surface area contributed by atoms with Gasteiger partial charge in [0.25, 0.3) is 0 Å². The number of benzene rings is 2. The summed E-state index contributed by atoms with van der Waals surface area (Å²) < 4.78 is 0. The highest BCUT2D eigenvalue weighted by molar-refractivity contribution is 8.87. The van der Waals surface area contributed by atoms with Crippen molar-refractivity contribution in [2.75, 3.05) is 17.2 Å². The molecule has 2 aliphatic heterocycles. The molecule has 0 aliphatic carbocycles. The molecule has 2 saturated heterocycles. The van der Waals surface area contributed by atoms with Crippen molar-refractivity contribution in [3.63, 3.8) is 0 Å². The topological polar surface area (TPSA) is 284 Å². The Kier molecular flexibility index (Phi) is 27.2. The van der Waals surface area contributed by atoms with E-state index in [4.69, 9.17) is 5.73 Å². The lowest BCUT2D eigenvalue weighted by Gasteiger charge is -2.30. The lowest BCUT2D eigenvalue weighted by Crippen LogP contribution is -2.56. The van der Waals surface area contributed by atoms with Crippen LogP contribution in [0.25, 0.3) is 0 Å². The van der Waals surface area contributed by atoms with Gasteiger partial charge in [0.05, 0.1) is 19.4 Å². The Balaban J connectivity index is 1.56. The third kappa shape index (κ3) is 21.6. The maximum absolute atomic E-state index is 14.7. The molecule has 2 aromatic carbocycles. The fraction of sp³-hybridized carbons (Fsp3) is 0.569. The highest BCUT2D eigenvalue weighted by Crippen LogP contribution is 2.86. The van der Waals surface area contributed by atoms with Crippen LogP contribution in [0.2, 0.25) is 0 Å². The Bertz CT molecular complexity index is 2350. The molecule has 0 radical (unpaired) electrons. The molecule has 2 aromatic rings. The van der Waals surface area contributed by atoms with Gasteiger partial charge in [0.1, 0.15) is 18.1 Å². The number of nitrogens with zero attached hydrogens (tertiary/aromatic N) is 1. The van der Waals surface area contributed by atoms with Crippen LogP contribution in [0.4, 0.5) is 16.2 Å². The first kappa shape index (κ1) is 64.4. The lowest BCUT2D eigenvalue weighted by molar-refractivity contribution is -0.143. The largest absolute Gasteiger partial charge is 0.368 e. The number of anilines is 2. The number of likely N-dealkylation sites (tertiary alicyclic amines) is 1. The minimum Gasteiger partial charge on any atom is -0.368 e. The molecule has 2 heterocycles. The van der Waals surface area contributed by atoms with Crippen LogP contribution in [0.1, 0.15) is 123 Å². The second-order valence-corrected chi connectivity index (χ2v) is 38.4. The van der Waals surface area contributed by atoms with Crippen LogP contribution >= 0.6 is 49.2 Å². The van der Waals surface area contributed by atoms with Crippen LogP contribution in [0, 0.1) is 29.6 Å². The van der Waals surface area contributed by atoms with Gasteiger partial charge >= 0.3 is 6.03 Å².